The molecule has 3 rings (SSSR count). The van der Waals surface area contributed by atoms with E-state index in [2.05, 4.69) is 14.9 Å². The number of carbonyl (C=O) groups excluding carboxylic acids is 1. The van der Waals surface area contributed by atoms with E-state index in [0.29, 0.717) is 22.1 Å². The predicted molar refractivity (Wildman–Crippen MR) is 114 cm³/mol. The number of benzene rings is 2. The fraction of sp³-hybridized carbons (Fsp3) is 0.250. The number of nitrogens with one attached hydrogen (secondary N) is 1. The van der Waals surface area contributed by atoms with Gasteiger partial charge in [-0.1, -0.05) is 16.8 Å². The molecule has 1 N–H and O–H groups in total. The first-order valence-corrected chi connectivity index (χ1v) is 11.1. The van der Waals surface area contributed by atoms with E-state index in [9.17, 15) is 13.2 Å². The summed E-state index contributed by atoms with van der Waals surface area (Å²) in [5, 5.41) is 4.24. The summed E-state index contributed by atoms with van der Waals surface area (Å²) in [4.78, 5) is 16.4. The smallest absolute Gasteiger partial charge is 0.324 e. The molecule has 0 radical (unpaired) electrons. The van der Waals surface area contributed by atoms with Gasteiger partial charge in [0.05, 0.1) is 19.1 Å². The molecule has 0 amide bonds. The van der Waals surface area contributed by atoms with Gasteiger partial charge in [0, 0.05) is 10.6 Å². The molecule has 1 heterocycles. The lowest BCUT2D eigenvalue weighted by Crippen LogP contribution is -2.39. The Morgan fingerprint density at radius 2 is 1.81 bits per heavy atom. The average molecular weight is 482 g/mol. The van der Waals surface area contributed by atoms with Gasteiger partial charge in [-0.15, -0.1) is 0 Å². The van der Waals surface area contributed by atoms with Crippen molar-refractivity contribution in [2.24, 2.45) is 0 Å². The molecule has 32 heavy (non-hydrogen) atoms. The largest absolute Gasteiger partial charge is 0.493 e. The van der Waals surface area contributed by atoms with Crippen molar-refractivity contribution < 1.29 is 31.9 Å². The predicted octanol–water partition coefficient (Wildman–Crippen LogP) is 2.82. The van der Waals surface area contributed by atoms with Gasteiger partial charge in [-0.25, -0.2) is 8.42 Å². The van der Waals surface area contributed by atoms with Crippen molar-refractivity contribution in [2.75, 3.05) is 14.2 Å². The molecule has 12 heteroatoms. The van der Waals surface area contributed by atoms with E-state index in [4.69, 9.17) is 30.3 Å². The minimum absolute atomic E-state index is 0.0296. The first-order chi connectivity index (χ1) is 15.2. The van der Waals surface area contributed by atoms with Crippen LogP contribution in [0.5, 0.6) is 11.5 Å². The van der Waals surface area contributed by atoms with Crippen LogP contribution in [0.1, 0.15) is 12.8 Å². The number of hydrogen-bond acceptors (Lipinski definition) is 9. The molecular formula is C20H20ClN3O7S. The van der Waals surface area contributed by atoms with Crippen molar-refractivity contribution in [2.45, 2.75) is 24.5 Å². The Kier molecular flexibility index (Phi) is 7.33. The van der Waals surface area contributed by atoms with Gasteiger partial charge < -0.3 is 18.7 Å². The number of aromatic nitrogens is 2. The molecule has 1 aromatic heterocycles. The summed E-state index contributed by atoms with van der Waals surface area (Å²) in [5.41, 5.74) is 0.605. The zero-order valence-corrected chi connectivity index (χ0v) is 18.9. The number of hydrogen-bond donors (Lipinski definition) is 1. The topological polar surface area (TPSA) is 130 Å². The number of rotatable bonds is 9. The van der Waals surface area contributed by atoms with E-state index >= 15 is 0 Å². The van der Waals surface area contributed by atoms with Gasteiger partial charge in [0.1, 0.15) is 6.04 Å². The molecule has 2 aromatic carbocycles. The number of carbonyl (C=O) groups is 1. The highest BCUT2D eigenvalue weighted by Crippen LogP contribution is 2.31. The van der Waals surface area contributed by atoms with E-state index in [-0.39, 0.29) is 23.2 Å². The van der Waals surface area contributed by atoms with Gasteiger partial charge in [-0.05, 0) is 49.4 Å². The maximum absolute atomic E-state index is 12.4. The first-order valence-electron chi connectivity index (χ1n) is 9.23. The molecule has 0 unspecified atom stereocenters. The zero-order chi connectivity index (χ0) is 23.3. The minimum Gasteiger partial charge on any atom is -0.493 e. The molecule has 0 fully saturated rings. The molecule has 3 aromatic rings. The molecule has 1 atom stereocenters. The summed E-state index contributed by atoms with van der Waals surface area (Å²) in [6.45, 7) is 1.03. The lowest BCUT2D eigenvalue weighted by Gasteiger charge is -2.13. The third kappa shape index (κ3) is 5.55. The van der Waals surface area contributed by atoms with Crippen molar-refractivity contribution in [1.82, 2.24) is 14.9 Å². The summed E-state index contributed by atoms with van der Waals surface area (Å²) >= 11 is 5.77. The van der Waals surface area contributed by atoms with Crippen LogP contribution in [-0.4, -0.2) is 44.8 Å². The number of methoxy groups -OCH3 is 2. The van der Waals surface area contributed by atoms with Crippen molar-refractivity contribution in [3.8, 4) is 22.9 Å². The average Bonchev–Trinajstić information content (AvgIpc) is 3.26. The van der Waals surface area contributed by atoms with Gasteiger partial charge in [0.25, 0.3) is 5.89 Å². The second kappa shape index (κ2) is 9.98. The second-order valence-electron chi connectivity index (χ2n) is 6.49. The van der Waals surface area contributed by atoms with Crippen LogP contribution in [0, 0.1) is 0 Å². The summed E-state index contributed by atoms with van der Waals surface area (Å²) in [5.74, 6) is 0.520. The van der Waals surface area contributed by atoms with Gasteiger partial charge in [-0.2, -0.15) is 9.71 Å². The molecule has 0 spiro atoms. The van der Waals surface area contributed by atoms with Gasteiger partial charge >= 0.3 is 5.97 Å². The Bertz CT molecular complexity index is 1200. The standard InChI is InChI=1S/C20H20ClN3O7S/c1-12(24-32(26,27)15-7-5-14(21)6-8-15)20(25)30-11-18-22-19(23-31-18)13-4-9-16(28-2)17(10-13)29-3/h4-10,12,24H,11H2,1-3H3/t12-/m0/s1. The molecule has 170 valence electrons. The highest BCUT2D eigenvalue weighted by atomic mass is 35.5. The molecule has 0 bridgehead atoms. The Balaban J connectivity index is 1.60. The van der Waals surface area contributed by atoms with Crippen LogP contribution in [-0.2, 0) is 26.2 Å². The van der Waals surface area contributed by atoms with Crippen molar-refractivity contribution in [3.63, 3.8) is 0 Å². The Morgan fingerprint density at radius 3 is 2.47 bits per heavy atom. The fourth-order valence-corrected chi connectivity index (χ4v) is 3.94. The van der Waals surface area contributed by atoms with E-state index in [1.54, 1.807) is 18.2 Å². The van der Waals surface area contributed by atoms with Crippen LogP contribution < -0.4 is 14.2 Å². The van der Waals surface area contributed by atoms with Crippen LogP contribution in [0.25, 0.3) is 11.4 Å². The van der Waals surface area contributed by atoms with Crippen molar-refractivity contribution >= 4 is 27.6 Å². The monoisotopic (exact) mass is 481 g/mol. The van der Waals surface area contributed by atoms with Gasteiger partial charge in [0.15, 0.2) is 18.1 Å². The fourth-order valence-electron chi connectivity index (χ4n) is 2.63. The lowest BCUT2D eigenvalue weighted by atomic mass is 10.2. The number of halogens is 1. The third-order valence-electron chi connectivity index (χ3n) is 4.26. The maximum atomic E-state index is 12.4. The number of sulfonamides is 1. The Hall–Kier alpha value is -3.15. The van der Waals surface area contributed by atoms with Crippen LogP contribution in [0.3, 0.4) is 0 Å². The molecule has 0 aliphatic carbocycles. The van der Waals surface area contributed by atoms with Crippen molar-refractivity contribution in [1.29, 1.82) is 0 Å². The van der Waals surface area contributed by atoms with Crippen molar-refractivity contribution in [3.05, 3.63) is 53.4 Å². The Morgan fingerprint density at radius 1 is 1.12 bits per heavy atom. The summed E-state index contributed by atoms with van der Waals surface area (Å²) < 4.78 is 47.6. The van der Waals surface area contributed by atoms with Gasteiger partial charge in [0.2, 0.25) is 15.8 Å². The zero-order valence-electron chi connectivity index (χ0n) is 17.4. The first kappa shape index (κ1) is 23.5. The van der Waals surface area contributed by atoms with Crippen LogP contribution in [0.15, 0.2) is 51.9 Å². The molecule has 0 saturated heterocycles. The third-order valence-corrected chi connectivity index (χ3v) is 6.07. The normalized spacial score (nSPS) is 12.2. The second-order valence-corrected chi connectivity index (χ2v) is 8.64. The summed E-state index contributed by atoms with van der Waals surface area (Å²) in [6, 6.07) is 9.47. The summed E-state index contributed by atoms with van der Waals surface area (Å²) in [7, 11) is -0.904. The molecular weight excluding hydrogens is 462 g/mol. The van der Waals surface area contributed by atoms with Crippen LogP contribution >= 0.6 is 11.6 Å². The number of nitrogens with zero attached hydrogens (tertiary/aromatic N) is 2. The maximum Gasteiger partial charge on any atom is 0.324 e. The Labute approximate surface area is 189 Å². The highest BCUT2D eigenvalue weighted by Gasteiger charge is 2.24. The van der Waals surface area contributed by atoms with E-state index < -0.39 is 22.0 Å². The molecule has 10 nitrogen and oxygen atoms in total. The quantitative estimate of drug-likeness (QED) is 0.458. The van der Waals surface area contributed by atoms with E-state index in [0.717, 1.165) is 0 Å². The molecule has 0 aliphatic rings. The lowest BCUT2D eigenvalue weighted by molar-refractivity contribution is -0.147. The SMILES string of the molecule is COc1ccc(-c2noc(COC(=O)[C@H](C)NS(=O)(=O)c3ccc(Cl)cc3)n2)cc1OC. The highest BCUT2D eigenvalue weighted by molar-refractivity contribution is 7.89. The molecule has 0 saturated carbocycles. The van der Waals surface area contributed by atoms with Gasteiger partial charge in [-0.3, -0.25) is 4.79 Å². The van der Waals surface area contributed by atoms with E-state index in [1.807, 2.05) is 0 Å². The van der Waals surface area contributed by atoms with E-state index in [1.165, 1.54) is 45.4 Å². The number of esters is 1. The molecule has 0 aliphatic heterocycles. The number of ether oxygens (including phenoxy) is 3. The van der Waals surface area contributed by atoms with Crippen LogP contribution in [0.2, 0.25) is 5.02 Å². The minimum atomic E-state index is -3.93. The van der Waals surface area contributed by atoms with Crippen LogP contribution in [0.4, 0.5) is 0 Å². The summed E-state index contributed by atoms with van der Waals surface area (Å²) in [6.07, 6.45) is 0.